The molecule has 1 atom stereocenters. The van der Waals surface area contributed by atoms with Crippen molar-refractivity contribution in [1.82, 2.24) is 4.90 Å². The molecule has 1 aliphatic heterocycles. The van der Waals surface area contributed by atoms with Crippen molar-refractivity contribution in [1.29, 1.82) is 0 Å². The van der Waals surface area contributed by atoms with Crippen LogP contribution in [-0.4, -0.2) is 34.7 Å². The van der Waals surface area contributed by atoms with Crippen LogP contribution in [0.15, 0.2) is 24.3 Å². The van der Waals surface area contributed by atoms with Gasteiger partial charge in [0.1, 0.15) is 0 Å². The van der Waals surface area contributed by atoms with Gasteiger partial charge in [-0.25, -0.2) is 0 Å². The van der Waals surface area contributed by atoms with Gasteiger partial charge in [-0.1, -0.05) is 23.4 Å². The third-order valence-corrected chi connectivity index (χ3v) is 3.79. The Kier molecular flexibility index (Phi) is 4.52. The molecule has 1 fully saturated rings. The van der Waals surface area contributed by atoms with E-state index in [0.29, 0.717) is 6.54 Å². The zero-order valence-electron chi connectivity index (χ0n) is 11.5. The van der Waals surface area contributed by atoms with Crippen LogP contribution in [0.1, 0.15) is 32.3 Å². The Hall–Kier alpha value is -1.01. The molecule has 2 rings (SSSR count). The van der Waals surface area contributed by atoms with Gasteiger partial charge in [-0.2, -0.15) is 0 Å². The molecule has 1 unspecified atom stereocenters. The van der Waals surface area contributed by atoms with Crippen LogP contribution in [0.2, 0.25) is 5.02 Å². The topological polar surface area (TPSA) is 23.5 Å². The lowest BCUT2D eigenvalue weighted by molar-refractivity contribution is 0.00200. The van der Waals surface area contributed by atoms with Gasteiger partial charge in [0.25, 0.3) is 0 Å². The smallest absolute Gasteiger partial charge is 0.0746 e. The van der Waals surface area contributed by atoms with Gasteiger partial charge in [0, 0.05) is 16.6 Å². The maximum Gasteiger partial charge on any atom is 0.0746 e. The van der Waals surface area contributed by atoms with Gasteiger partial charge in [-0.3, -0.25) is 4.90 Å². The molecule has 0 aromatic heterocycles. The average Bonchev–Trinajstić information content (AvgIpc) is 2.80. The summed E-state index contributed by atoms with van der Waals surface area (Å²) in [5.74, 6) is 6.33. The lowest BCUT2D eigenvalue weighted by atomic mass is 9.97. The highest BCUT2D eigenvalue weighted by Gasteiger charge is 2.35. The maximum absolute atomic E-state index is 10.1. The number of hydrogen-bond donors (Lipinski definition) is 1. The molecule has 1 aromatic carbocycles. The maximum atomic E-state index is 10.1. The van der Waals surface area contributed by atoms with Gasteiger partial charge in [-0.15, -0.1) is 0 Å². The second kappa shape index (κ2) is 5.96. The van der Waals surface area contributed by atoms with Gasteiger partial charge in [-0.05, 0) is 57.5 Å². The lowest BCUT2D eigenvalue weighted by Gasteiger charge is -2.32. The highest BCUT2D eigenvalue weighted by atomic mass is 35.5. The predicted octanol–water partition coefficient (Wildman–Crippen LogP) is 2.93. The summed E-state index contributed by atoms with van der Waals surface area (Å²) in [6, 6.07) is 7.76. The van der Waals surface area contributed by atoms with Crippen LogP contribution < -0.4 is 0 Å². The summed E-state index contributed by atoms with van der Waals surface area (Å²) in [5.41, 5.74) is 0.321. The second-order valence-corrected chi connectivity index (χ2v) is 6.03. The molecule has 1 aliphatic rings. The van der Waals surface area contributed by atoms with Crippen molar-refractivity contribution in [2.45, 2.75) is 38.3 Å². The SMILES string of the molecule is CC(C)(O)C1CCCN1CC#Cc1ccc(Cl)cc1. The molecule has 1 N–H and O–H groups in total. The molecular formula is C16H20ClNO. The highest BCUT2D eigenvalue weighted by Crippen LogP contribution is 2.26. The Balaban J connectivity index is 1.97. The molecule has 2 nitrogen and oxygen atoms in total. The van der Waals surface area contributed by atoms with Crippen molar-refractivity contribution < 1.29 is 5.11 Å². The van der Waals surface area contributed by atoms with Crippen molar-refractivity contribution in [2.24, 2.45) is 0 Å². The third kappa shape index (κ3) is 3.98. The minimum absolute atomic E-state index is 0.215. The standard InChI is InChI=1S/C16H20ClNO/c1-16(2,19)15-6-4-12-18(15)11-3-5-13-7-9-14(17)10-8-13/h7-10,15,19H,4,6,11-12H2,1-2H3. The second-order valence-electron chi connectivity index (χ2n) is 5.59. The first-order chi connectivity index (χ1) is 8.97. The van der Waals surface area contributed by atoms with E-state index in [4.69, 9.17) is 11.6 Å². The van der Waals surface area contributed by atoms with Gasteiger partial charge in [0.2, 0.25) is 0 Å². The summed E-state index contributed by atoms with van der Waals surface area (Å²) in [5, 5.41) is 10.9. The molecule has 3 heteroatoms. The minimum atomic E-state index is -0.654. The minimum Gasteiger partial charge on any atom is -0.389 e. The van der Waals surface area contributed by atoms with Gasteiger partial charge in [0.05, 0.1) is 12.1 Å². The molecule has 0 bridgehead atoms. The number of rotatable bonds is 2. The lowest BCUT2D eigenvalue weighted by Crippen LogP contribution is -2.45. The van der Waals surface area contributed by atoms with Crippen LogP contribution >= 0.6 is 11.6 Å². The monoisotopic (exact) mass is 277 g/mol. The Labute approximate surface area is 120 Å². The number of benzene rings is 1. The van der Waals surface area contributed by atoms with Gasteiger partial charge in [0.15, 0.2) is 0 Å². The molecule has 0 amide bonds. The molecule has 0 saturated carbocycles. The highest BCUT2D eigenvalue weighted by molar-refractivity contribution is 6.30. The van der Waals surface area contributed by atoms with E-state index in [1.54, 1.807) is 0 Å². The van der Waals surface area contributed by atoms with Crippen LogP contribution in [0, 0.1) is 11.8 Å². The molecule has 1 saturated heterocycles. The molecule has 102 valence electrons. The Morgan fingerprint density at radius 2 is 2.05 bits per heavy atom. The van der Waals surface area contributed by atoms with Crippen molar-refractivity contribution in [3.8, 4) is 11.8 Å². The van der Waals surface area contributed by atoms with Gasteiger partial charge >= 0.3 is 0 Å². The van der Waals surface area contributed by atoms with E-state index in [1.807, 2.05) is 38.1 Å². The first-order valence-electron chi connectivity index (χ1n) is 6.68. The molecule has 19 heavy (non-hydrogen) atoms. The fourth-order valence-electron chi connectivity index (χ4n) is 2.59. The Morgan fingerprint density at radius 3 is 2.68 bits per heavy atom. The normalized spacial score (nSPS) is 20.1. The van der Waals surface area contributed by atoms with E-state index in [2.05, 4.69) is 16.7 Å². The number of halogens is 1. The summed E-state index contributed by atoms with van der Waals surface area (Å²) in [7, 11) is 0. The van der Waals surface area contributed by atoms with E-state index in [-0.39, 0.29) is 6.04 Å². The van der Waals surface area contributed by atoms with Crippen molar-refractivity contribution in [3.63, 3.8) is 0 Å². The Morgan fingerprint density at radius 1 is 1.37 bits per heavy atom. The summed E-state index contributed by atoms with van der Waals surface area (Å²) in [6.45, 7) is 5.48. The van der Waals surface area contributed by atoms with Crippen molar-refractivity contribution >= 4 is 11.6 Å². The van der Waals surface area contributed by atoms with Crippen molar-refractivity contribution in [3.05, 3.63) is 34.9 Å². The quantitative estimate of drug-likeness (QED) is 0.840. The van der Waals surface area contributed by atoms with Crippen LogP contribution in [0.25, 0.3) is 0 Å². The number of likely N-dealkylation sites (tertiary alicyclic amines) is 1. The molecule has 0 spiro atoms. The molecule has 0 radical (unpaired) electrons. The first-order valence-corrected chi connectivity index (χ1v) is 7.05. The number of hydrogen-bond acceptors (Lipinski definition) is 2. The van der Waals surface area contributed by atoms with Crippen molar-refractivity contribution in [2.75, 3.05) is 13.1 Å². The van der Waals surface area contributed by atoms with E-state index in [9.17, 15) is 5.11 Å². The molecule has 1 aromatic rings. The number of aliphatic hydroxyl groups is 1. The van der Waals surface area contributed by atoms with E-state index < -0.39 is 5.60 Å². The zero-order chi connectivity index (χ0) is 13.9. The summed E-state index contributed by atoms with van der Waals surface area (Å²) < 4.78 is 0. The van der Waals surface area contributed by atoms with Crippen LogP contribution in [0.3, 0.4) is 0 Å². The Bertz CT molecular complexity index is 478. The molecule has 0 aliphatic carbocycles. The summed E-state index contributed by atoms with van der Waals surface area (Å²) >= 11 is 5.83. The zero-order valence-corrected chi connectivity index (χ0v) is 12.2. The fourth-order valence-corrected chi connectivity index (χ4v) is 2.72. The first kappa shape index (κ1) is 14.4. The third-order valence-electron chi connectivity index (χ3n) is 3.54. The van der Waals surface area contributed by atoms with E-state index in [0.717, 1.165) is 30.0 Å². The predicted molar refractivity (Wildman–Crippen MR) is 79.2 cm³/mol. The summed E-state index contributed by atoms with van der Waals surface area (Å²) in [6.07, 6.45) is 2.18. The average molecular weight is 278 g/mol. The largest absolute Gasteiger partial charge is 0.389 e. The van der Waals surface area contributed by atoms with E-state index in [1.165, 1.54) is 0 Å². The number of nitrogens with zero attached hydrogens (tertiary/aromatic N) is 1. The molecule has 1 heterocycles. The summed E-state index contributed by atoms with van der Waals surface area (Å²) in [4.78, 5) is 2.27. The van der Waals surface area contributed by atoms with Crippen LogP contribution in [0.4, 0.5) is 0 Å². The van der Waals surface area contributed by atoms with E-state index >= 15 is 0 Å². The molecular weight excluding hydrogens is 258 g/mol. The van der Waals surface area contributed by atoms with Crippen LogP contribution in [0.5, 0.6) is 0 Å². The van der Waals surface area contributed by atoms with Gasteiger partial charge < -0.3 is 5.11 Å². The van der Waals surface area contributed by atoms with Crippen LogP contribution in [-0.2, 0) is 0 Å². The fraction of sp³-hybridized carbons (Fsp3) is 0.500.